The fourth-order valence-electron chi connectivity index (χ4n) is 3.34. The summed E-state index contributed by atoms with van der Waals surface area (Å²) >= 11 is 0. The fraction of sp³-hybridized carbons (Fsp3) is 0.250. The van der Waals surface area contributed by atoms with E-state index in [1.807, 2.05) is 0 Å². The molecule has 1 aliphatic rings. The molecule has 184 valence electrons. The molecule has 0 bridgehead atoms. The molecule has 1 atom stereocenters. The average molecular weight is 484 g/mol. The van der Waals surface area contributed by atoms with E-state index in [2.05, 4.69) is 21.2 Å². The zero-order chi connectivity index (χ0) is 25.4. The quantitative estimate of drug-likeness (QED) is 0.285. The number of methoxy groups -OCH3 is 1. The minimum absolute atomic E-state index is 0.179. The first-order chi connectivity index (χ1) is 16.8. The van der Waals surface area contributed by atoms with Gasteiger partial charge >= 0.3 is 12.0 Å². The molecule has 0 aromatic heterocycles. The Kier molecular flexibility index (Phi) is 8.38. The van der Waals surface area contributed by atoms with Crippen LogP contribution in [0.5, 0.6) is 11.5 Å². The predicted molar refractivity (Wildman–Crippen MR) is 124 cm³/mol. The van der Waals surface area contributed by atoms with Crippen molar-refractivity contribution in [2.24, 2.45) is 5.10 Å². The molecule has 0 aliphatic carbocycles. The molecule has 10 nitrogen and oxygen atoms in total. The molecule has 35 heavy (non-hydrogen) atoms. The number of amides is 3. The van der Waals surface area contributed by atoms with Crippen molar-refractivity contribution < 1.29 is 33.0 Å². The van der Waals surface area contributed by atoms with Gasteiger partial charge in [-0.2, -0.15) is 5.10 Å². The van der Waals surface area contributed by atoms with E-state index in [1.54, 1.807) is 44.2 Å². The van der Waals surface area contributed by atoms with Crippen LogP contribution in [0, 0.1) is 5.82 Å². The van der Waals surface area contributed by atoms with Crippen LogP contribution in [0.3, 0.4) is 0 Å². The first-order valence-corrected chi connectivity index (χ1v) is 10.7. The van der Waals surface area contributed by atoms with Crippen LogP contribution in [0.2, 0.25) is 0 Å². The molecule has 2 aromatic carbocycles. The smallest absolute Gasteiger partial charge is 0.338 e. The summed E-state index contributed by atoms with van der Waals surface area (Å²) < 4.78 is 29.6. The van der Waals surface area contributed by atoms with Gasteiger partial charge in [-0.25, -0.2) is 19.4 Å². The van der Waals surface area contributed by atoms with Gasteiger partial charge in [-0.05, 0) is 37.6 Å². The molecule has 0 radical (unpaired) electrons. The van der Waals surface area contributed by atoms with Gasteiger partial charge in [-0.3, -0.25) is 4.79 Å². The minimum atomic E-state index is -0.776. The molecule has 3 N–H and O–H groups in total. The van der Waals surface area contributed by atoms with Crippen LogP contribution < -0.4 is 25.5 Å². The normalized spacial score (nSPS) is 15.3. The van der Waals surface area contributed by atoms with Gasteiger partial charge in [0.15, 0.2) is 18.1 Å². The summed E-state index contributed by atoms with van der Waals surface area (Å²) in [5, 5.41) is 8.99. The maximum atomic E-state index is 13.6. The molecule has 0 saturated carbocycles. The summed E-state index contributed by atoms with van der Waals surface area (Å²) in [6.45, 7) is 3.09. The molecule has 11 heteroatoms. The molecule has 0 saturated heterocycles. The standard InChI is InChI=1S/C24H25FN4O6/c1-4-34-23(31)21-14(2)27-24(32)28-22(21)15-9-10-18(19(11-15)33-3)35-13-20(30)29-26-12-16-7-5-6-8-17(16)25/h5-12,22H,4,13H2,1-3H3,(H,29,30)(H2,27,28,32)/b26-12-/t22-/m0/s1. The number of hydrazone groups is 1. The molecular weight excluding hydrogens is 459 g/mol. The number of rotatable bonds is 9. The third kappa shape index (κ3) is 6.34. The van der Waals surface area contributed by atoms with Gasteiger partial charge < -0.3 is 24.8 Å². The highest BCUT2D eigenvalue weighted by Gasteiger charge is 2.32. The number of hydrogen-bond donors (Lipinski definition) is 3. The lowest BCUT2D eigenvalue weighted by atomic mass is 9.95. The number of nitrogens with one attached hydrogen (secondary N) is 3. The number of carbonyl (C=O) groups excluding carboxylic acids is 3. The SMILES string of the molecule is CCOC(=O)C1=C(C)NC(=O)N[C@H]1c1ccc(OCC(=O)N/N=C\c2ccccc2F)c(OC)c1. The summed E-state index contributed by atoms with van der Waals surface area (Å²) in [7, 11) is 1.42. The van der Waals surface area contributed by atoms with Crippen LogP contribution in [0.4, 0.5) is 9.18 Å². The van der Waals surface area contributed by atoms with Gasteiger partial charge in [0.25, 0.3) is 5.91 Å². The van der Waals surface area contributed by atoms with Crippen LogP contribution in [0.1, 0.15) is 31.0 Å². The Morgan fingerprint density at radius 3 is 2.69 bits per heavy atom. The Hall–Kier alpha value is -4.41. The second kappa shape index (κ2) is 11.6. The number of allylic oxidation sites excluding steroid dienone is 1. The topological polar surface area (TPSA) is 127 Å². The van der Waals surface area contributed by atoms with Crippen LogP contribution >= 0.6 is 0 Å². The summed E-state index contributed by atoms with van der Waals surface area (Å²) in [4.78, 5) is 36.6. The molecular formula is C24H25FN4O6. The Bertz CT molecular complexity index is 1180. The van der Waals surface area contributed by atoms with Crippen molar-refractivity contribution in [2.45, 2.75) is 19.9 Å². The van der Waals surface area contributed by atoms with E-state index in [4.69, 9.17) is 14.2 Å². The largest absolute Gasteiger partial charge is 0.493 e. The number of urea groups is 1. The van der Waals surface area contributed by atoms with E-state index in [-0.39, 0.29) is 35.8 Å². The van der Waals surface area contributed by atoms with Gasteiger partial charge in [-0.15, -0.1) is 0 Å². The summed E-state index contributed by atoms with van der Waals surface area (Å²) in [5.41, 5.74) is 3.66. The Balaban J connectivity index is 1.70. The maximum absolute atomic E-state index is 13.6. The van der Waals surface area contributed by atoms with E-state index >= 15 is 0 Å². The first kappa shape index (κ1) is 25.2. The second-order valence-electron chi connectivity index (χ2n) is 7.30. The van der Waals surface area contributed by atoms with Crippen LogP contribution in [0.15, 0.2) is 58.8 Å². The summed E-state index contributed by atoms with van der Waals surface area (Å²) in [5.74, 6) is -1.07. The number of hydrogen-bond acceptors (Lipinski definition) is 7. The third-order valence-corrected chi connectivity index (χ3v) is 4.94. The third-order valence-electron chi connectivity index (χ3n) is 4.94. The molecule has 2 aromatic rings. The summed E-state index contributed by atoms with van der Waals surface area (Å²) in [6.07, 6.45) is 1.19. The lowest BCUT2D eigenvalue weighted by Gasteiger charge is -2.28. The summed E-state index contributed by atoms with van der Waals surface area (Å²) in [6, 6.07) is 9.53. The van der Waals surface area contributed by atoms with Crippen molar-refractivity contribution in [3.8, 4) is 11.5 Å². The number of carbonyl (C=O) groups is 3. The van der Waals surface area contributed by atoms with Gasteiger partial charge in [0.2, 0.25) is 0 Å². The van der Waals surface area contributed by atoms with Crippen molar-refractivity contribution >= 4 is 24.1 Å². The maximum Gasteiger partial charge on any atom is 0.338 e. The predicted octanol–water partition coefficient (Wildman–Crippen LogP) is 2.55. The Morgan fingerprint density at radius 1 is 1.20 bits per heavy atom. The average Bonchev–Trinajstić information content (AvgIpc) is 2.83. The number of esters is 1. The number of nitrogens with zero attached hydrogens (tertiary/aromatic N) is 1. The minimum Gasteiger partial charge on any atom is -0.493 e. The molecule has 1 heterocycles. The highest BCUT2D eigenvalue weighted by molar-refractivity contribution is 5.95. The highest BCUT2D eigenvalue weighted by Crippen LogP contribution is 2.34. The monoisotopic (exact) mass is 484 g/mol. The van der Waals surface area contributed by atoms with E-state index in [1.165, 1.54) is 25.5 Å². The lowest BCUT2D eigenvalue weighted by molar-refractivity contribution is -0.139. The van der Waals surface area contributed by atoms with Gasteiger partial charge in [-0.1, -0.05) is 24.3 Å². The van der Waals surface area contributed by atoms with Gasteiger partial charge in [0, 0.05) is 11.3 Å². The second-order valence-corrected chi connectivity index (χ2v) is 7.30. The number of halogens is 1. The lowest BCUT2D eigenvalue weighted by Crippen LogP contribution is -2.45. The van der Waals surface area contributed by atoms with Crippen molar-refractivity contribution in [3.63, 3.8) is 0 Å². The fourth-order valence-corrected chi connectivity index (χ4v) is 3.34. The van der Waals surface area contributed by atoms with Crippen LogP contribution in [0.25, 0.3) is 0 Å². The van der Waals surface area contributed by atoms with Crippen LogP contribution in [-0.4, -0.2) is 44.4 Å². The molecule has 3 amide bonds. The molecule has 0 unspecified atom stereocenters. The van der Waals surface area contributed by atoms with Crippen molar-refractivity contribution in [2.75, 3.05) is 20.3 Å². The van der Waals surface area contributed by atoms with E-state index in [0.717, 1.165) is 0 Å². The van der Waals surface area contributed by atoms with Crippen molar-refractivity contribution in [3.05, 3.63) is 70.7 Å². The van der Waals surface area contributed by atoms with E-state index in [9.17, 15) is 18.8 Å². The van der Waals surface area contributed by atoms with E-state index < -0.39 is 29.8 Å². The van der Waals surface area contributed by atoms with Gasteiger partial charge in [0.05, 0.1) is 31.5 Å². The van der Waals surface area contributed by atoms with E-state index in [0.29, 0.717) is 11.3 Å². The molecule has 3 rings (SSSR count). The number of ether oxygens (including phenoxy) is 3. The van der Waals surface area contributed by atoms with Gasteiger partial charge in [0.1, 0.15) is 5.82 Å². The zero-order valence-electron chi connectivity index (χ0n) is 19.4. The molecule has 0 fully saturated rings. The van der Waals surface area contributed by atoms with Crippen LogP contribution in [-0.2, 0) is 14.3 Å². The number of benzene rings is 2. The highest BCUT2D eigenvalue weighted by atomic mass is 19.1. The molecule has 1 aliphatic heterocycles. The zero-order valence-corrected chi connectivity index (χ0v) is 19.4. The Labute approximate surface area is 201 Å². The first-order valence-electron chi connectivity index (χ1n) is 10.7. The molecule has 0 spiro atoms. The van der Waals surface area contributed by atoms with Crippen molar-refractivity contribution in [1.82, 2.24) is 16.1 Å². The Morgan fingerprint density at radius 2 is 1.97 bits per heavy atom. The van der Waals surface area contributed by atoms with Crippen molar-refractivity contribution in [1.29, 1.82) is 0 Å².